The molecule has 5 rings (SSSR count). The molecule has 0 saturated heterocycles. The largest absolute Gasteiger partial charge is 0.228 e. The van der Waals surface area contributed by atoms with Gasteiger partial charge in [0.25, 0.3) is 0 Å². The fraction of sp³-hybridized carbons (Fsp3) is 0.143. The van der Waals surface area contributed by atoms with Crippen LogP contribution in [-0.4, -0.2) is 9.97 Å². The summed E-state index contributed by atoms with van der Waals surface area (Å²) in [6.07, 6.45) is 6.85. The lowest BCUT2D eigenvalue weighted by Gasteiger charge is -2.15. The first-order chi connectivity index (χ1) is 21.3. The molecular formula is C42H42N2. The Balaban J connectivity index is 0.000000246. The number of nitrogens with zero attached hydrogens (tertiary/aromatic N) is 2. The van der Waals surface area contributed by atoms with Gasteiger partial charge in [-0.05, 0) is 67.5 Å². The van der Waals surface area contributed by atoms with E-state index in [1.807, 2.05) is 42.5 Å². The van der Waals surface area contributed by atoms with Crippen molar-refractivity contribution in [3.8, 4) is 22.6 Å². The van der Waals surface area contributed by atoms with Crippen LogP contribution < -0.4 is 0 Å². The number of allylic oxidation sites excluding steroid dienone is 5. The Morgan fingerprint density at radius 3 is 1.93 bits per heavy atom. The van der Waals surface area contributed by atoms with E-state index in [2.05, 4.69) is 127 Å². The van der Waals surface area contributed by atoms with Gasteiger partial charge in [0.15, 0.2) is 5.82 Å². The highest BCUT2D eigenvalue weighted by molar-refractivity contribution is 5.81. The van der Waals surface area contributed by atoms with Crippen LogP contribution in [0.3, 0.4) is 0 Å². The van der Waals surface area contributed by atoms with Crippen molar-refractivity contribution >= 4 is 11.1 Å². The summed E-state index contributed by atoms with van der Waals surface area (Å²) in [4.78, 5) is 9.98. The highest BCUT2D eigenvalue weighted by Gasteiger charge is 2.16. The highest BCUT2D eigenvalue weighted by atomic mass is 14.9. The summed E-state index contributed by atoms with van der Waals surface area (Å²) in [5, 5.41) is 0. The minimum atomic E-state index is 0.748. The van der Waals surface area contributed by atoms with Crippen molar-refractivity contribution in [2.45, 2.75) is 41.0 Å². The summed E-state index contributed by atoms with van der Waals surface area (Å²) in [5.41, 5.74) is 13.5. The van der Waals surface area contributed by atoms with E-state index >= 15 is 0 Å². The molecule has 0 N–H and O–H groups in total. The van der Waals surface area contributed by atoms with Gasteiger partial charge in [-0.2, -0.15) is 0 Å². The van der Waals surface area contributed by atoms with E-state index in [-0.39, 0.29) is 0 Å². The molecule has 0 saturated carbocycles. The maximum absolute atomic E-state index is 5.00. The van der Waals surface area contributed by atoms with Crippen molar-refractivity contribution < 1.29 is 0 Å². The fourth-order valence-corrected chi connectivity index (χ4v) is 5.03. The van der Waals surface area contributed by atoms with Gasteiger partial charge in [-0.1, -0.05) is 153 Å². The topological polar surface area (TPSA) is 25.8 Å². The van der Waals surface area contributed by atoms with Gasteiger partial charge >= 0.3 is 0 Å². The number of rotatable bonds is 8. The Kier molecular flexibility index (Phi) is 11.2. The van der Waals surface area contributed by atoms with Gasteiger partial charge in [0.1, 0.15) is 0 Å². The molecule has 0 amide bonds. The molecule has 0 spiro atoms. The van der Waals surface area contributed by atoms with Crippen LogP contribution in [0.15, 0.2) is 146 Å². The second kappa shape index (κ2) is 15.4. The Hall–Kier alpha value is -5.08. The molecule has 1 aromatic heterocycles. The van der Waals surface area contributed by atoms with Gasteiger partial charge in [-0.25, -0.2) is 9.97 Å². The number of hydrogen-bond acceptors (Lipinski definition) is 2. The molecule has 4 aromatic carbocycles. The zero-order valence-electron chi connectivity index (χ0n) is 26.6. The van der Waals surface area contributed by atoms with E-state index in [1.54, 1.807) is 6.08 Å². The zero-order valence-corrected chi connectivity index (χ0v) is 26.6. The van der Waals surface area contributed by atoms with Crippen molar-refractivity contribution in [1.82, 2.24) is 9.97 Å². The molecule has 0 aliphatic carbocycles. The molecule has 0 aliphatic heterocycles. The van der Waals surface area contributed by atoms with Crippen molar-refractivity contribution in [3.63, 3.8) is 0 Å². The summed E-state index contributed by atoms with van der Waals surface area (Å²) in [5.74, 6) is 0.748. The maximum Gasteiger partial charge on any atom is 0.160 e. The summed E-state index contributed by atoms with van der Waals surface area (Å²) >= 11 is 0. The summed E-state index contributed by atoms with van der Waals surface area (Å²) in [6.45, 7) is 18.6. The molecule has 1 heterocycles. The maximum atomic E-state index is 5.00. The van der Waals surface area contributed by atoms with Crippen LogP contribution in [0.5, 0.6) is 0 Å². The molecule has 2 nitrogen and oxygen atoms in total. The number of hydrogen-bond donors (Lipinski definition) is 0. The van der Waals surface area contributed by atoms with Crippen molar-refractivity contribution in [1.29, 1.82) is 0 Å². The number of aromatic nitrogens is 2. The molecule has 44 heavy (non-hydrogen) atoms. The Morgan fingerprint density at radius 2 is 1.34 bits per heavy atom. The van der Waals surface area contributed by atoms with Crippen LogP contribution in [-0.2, 0) is 6.42 Å². The predicted octanol–water partition coefficient (Wildman–Crippen LogP) is 11.3. The molecule has 0 bridgehead atoms. The van der Waals surface area contributed by atoms with E-state index in [1.165, 1.54) is 27.8 Å². The van der Waals surface area contributed by atoms with Crippen LogP contribution in [0, 0.1) is 13.8 Å². The Bertz CT molecular complexity index is 1770. The van der Waals surface area contributed by atoms with E-state index in [0.717, 1.165) is 51.5 Å². The van der Waals surface area contributed by atoms with Gasteiger partial charge in [0, 0.05) is 16.7 Å². The third-order valence-corrected chi connectivity index (χ3v) is 7.60. The van der Waals surface area contributed by atoms with Crippen molar-refractivity contribution in [2.75, 3.05) is 0 Å². The summed E-state index contributed by atoms with van der Waals surface area (Å²) in [6, 6.07) is 37.5. The van der Waals surface area contributed by atoms with Crippen LogP contribution in [0.1, 0.15) is 54.3 Å². The average molecular weight is 575 g/mol. The third kappa shape index (κ3) is 7.85. The zero-order chi connectivity index (χ0) is 31.5. The lowest BCUT2D eigenvalue weighted by atomic mass is 9.96. The SMILES string of the molecule is C=C(c1ccccc1)c1ccccc1C.C=C/C=C\C(=C(C)C)c1nc(-c2ccc(CC)cc2)nc(-c2ccccc2)c1C. The summed E-state index contributed by atoms with van der Waals surface area (Å²) in [7, 11) is 0. The first kappa shape index (κ1) is 31.8. The van der Waals surface area contributed by atoms with E-state index in [9.17, 15) is 0 Å². The van der Waals surface area contributed by atoms with Crippen molar-refractivity contribution in [3.05, 3.63) is 180 Å². The summed E-state index contributed by atoms with van der Waals surface area (Å²) < 4.78 is 0. The van der Waals surface area contributed by atoms with Gasteiger partial charge in [-0.15, -0.1) is 0 Å². The standard InChI is InChI=1S/C27H28N2.C15H14/c1-6-8-14-24(19(3)4)26-20(5)25(22-12-10-9-11-13-22)28-27(29-26)23-17-15-21(7-2)16-18-23;1-12-8-6-7-11-15(12)13(2)14-9-4-3-5-10-14/h6,8-18H,1,7H2,2-5H3;3-11H,2H2,1H3/b14-8-;. The Labute approximate surface area is 263 Å². The van der Waals surface area contributed by atoms with Crippen LogP contribution in [0.25, 0.3) is 33.8 Å². The highest BCUT2D eigenvalue weighted by Crippen LogP contribution is 2.32. The molecule has 0 aliphatic rings. The van der Waals surface area contributed by atoms with Gasteiger partial charge in [-0.3, -0.25) is 0 Å². The fourth-order valence-electron chi connectivity index (χ4n) is 5.03. The van der Waals surface area contributed by atoms with Gasteiger partial charge in [0.05, 0.1) is 11.4 Å². The average Bonchev–Trinajstić information content (AvgIpc) is 3.06. The molecule has 0 fully saturated rings. The molecular weight excluding hydrogens is 532 g/mol. The van der Waals surface area contributed by atoms with Crippen LogP contribution in [0.4, 0.5) is 0 Å². The van der Waals surface area contributed by atoms with Crippen molar-refractivity contribution in [2.24, 2.45) is 0 Å². The lowest BCUT2D eigenvalue weighted by Crippen LogP contribution is -2.03. The minimum Gasteiger partial charge on any atom is -0.228 e. The number of aryl methyl sites for hydroxylation is 2. The number of benzene rings is 4. The normalized spacial score (nSPS) is 10.6. The van der Waals surface area contributed by atoms with Gasteiger partial charge in [0.2, 0.25) is 0 Å². The first-order valence-electron chi connectivity index (χ1n) is 15.1. The van der Waals surface area contributed by atoms with Crippen LogP contribution >= 0.6 is 0 Å². The van der Waals surface area contributed by atoms with E-state index in [4.69, 9.17) is 9.97 Å². The first-order valence-corrected chi connectivity index (χ1v) is 15.1. The lowest BCUT2D eigenvalue weighted by molar-refractivity contribution is 1.11. The second-order valence-corrected chi connectivity index (χ2v) is 11.0. The van der Waals surface area contributed by atoms with E-state index < -0.39 is 0 Å². The molecule has 0 radical (unpaired) electrons. The molecule has 0 atom stereocenters. The third-order valence-electron chi connectivity index (χ3n) is 7.60. The second-order valence-electron chi connectivity index (χ2n) is 11.0. The monoisotopic (exact) mass is 574 g/mol. The Morgan fingerprint density at radius 1 is 0.727 bits per heavy atom. The smallest absolute Gasteiger partial charge is 0.160 e. The molecule has 220 valence electrons. The van der Waals surface area contributed by atoms with E-state index in [0.29, 0.717) is 0 Å². The quantitative estimate of drug-likeness (QED) is 0.172. The van der Waals surface area contributed by atoms with Crippen LogP contribution in [0.2, 0.25) is 0 Å². The predicted molar refractivity (Wildman–Crippen MR) is 190 cm³/mol. The molecule has 2 heteroatoms. The molecule has 5 aromatic rings. The minimum absolute atomic E-state index is 0.748. The van der Waals surface area contributed by atoms with Gasteiger partial charge < -0.3 is 0 Å². The molecule has 0 unspecified atom stereocenters.